The number of carbonyl (C=O) groups is 1. The van der Waals surface area contributed by atoms with Gasteiger partial charge in [-0.3, -0.25) is 4.79 Å². The first-order chi connectivity index (χ1) is 15.3. The van der Waals surface area contributed by atoms with Crippen LogP contribution >= 0.6 is 0 Å². The molecule has 4 saturated carbocycles. The summed E-state index contributed by atoms with van der Waals surface area (Å²) in [5, 5.41) is 21.4. The summed E-state index contributed by atoms with van der Waals surface area (Å²) in [6, 6.07) is 0. The maximum Gasteiger partial charge on any atom is 0.310 e. The molecule has 2 N–H and O–H groups in total. The molecule has 0 radical (unpaired) electrons. The fourth-order valence-corrected chi connectivity index (χ4v) is 10.9. The molecular weight excluding hydrogens is 408 g/mol. The van der Waals surface area contributed by atoms with E-state index in [9.17, 15) is 15.0 Å². The average molecular weight is 457 g/mol. The zero-order valence-corrected chi connectivity index (χ0v) is 22.2. The highest BCUT2D eigenvalue weighted by atomic mass is 16.4. The molecule has 9 atom stereocenters. The fraction of sp³-hybridized carbons (Fsp3) is 0.900. The van der Waals surface area contributed by atoms with Crippen molar-refractivity contribution in [2.45, 2.75) is 112 Å². The van der Waals surface area contributed by atoms with E-state index in [0.29, 0.717) is 23.7 Å². The minimum atomic E-state index is -0.540. The highest BCUT2D eigenvalue weighted by Gasteiger charge is 2.70. The number of hydrogen-bond acceptors (Lipinski definition) is 2. The molecule has 5 aliphatic carbocycles. The number of aliphatic carboxylic acids is 1. The molecule has 0 amide bonds. The Morgan fingerprint density at radius 1 is 0.939 bits per heavy atom. The number of rotatable bonds is 2. The van der Waals surface area contributed by atoms with E-state index >= 15 is 0 Å². The Balaban J connectivity index is 1.61. The van der Waals surface area contributed by atoms with Crippen LogP contribution in [0.4, 0.5) is 0 Å². The summed E-state index contributed by atoms with van der Waals surface area (Å²) in [5.41, 5.74) is 1.50. The third-order valence-corrected chi connectivity index (χ3v) is 13.1. The van der Waals surface area contributed by atoms with Gasteiger partial charge in [-0.25, -0.2) is 0 Å². The predicted molar refractivity (Wildman–Crippen MR) is 133 cm³/mol. The summed E-state index contributed by atoms with van der Waals surface area (Å²) in [4.78, 5) is 12.8. The van der Waals surface area contributed by atoms with Crippen molar-refractivity contribution in [2.75, 3.05) is 0 Å². The van der Waals surface area contributed by atoms with Crippen LogP contribution < -0.4 is 0 Å². The summed E-state index contributed by atoms with van der Waals surface area (Å²) in [5.74, 6) is 1.86. The van der Waals surface area contributed by atoms with E-state index in [0.717, 1.165) is 44.9 Å². The number of fused-ring (bicyclic) bond motifs is 7. The highest BCUT2D eigenvalue weighted by molar-refractivity contribution is 5.77. The molecule has 3 heteroatoms. The smallest absolute Gasteiger partial charge is 0.310 e. The summed E-state index contributed by atoms with van der Waals surface area (Å²) >= 11 is 0. The molecule has 0 aromatic rings. The Morgan fingerprint density at radius 3 is 2.27 bits per heavy atom. The molecule has 186 valence electrons. The van der Waals surface area contributed by atoms with E-state index in [-0.39, 0.29) is 33.7 Å². The highest BCUT2D eigenvalue weighted by Crippen LogP contribution is 2.76. The van der Waals surface area contributed by atoms with Gasteiger partial charge in [-0.1, -0.05) is 60.1 Å². The number of aliphatic hydroxyl groups is 1. The molecule has 5 aliphatic rings. The lowest BCUT2D eigenvalue weighted by molar-refractivity contribution is -0.202. The van der Waals surface area contributed by atoms with E-state index in [2.05, 4.69) is 54.5 Å². The van der Waals surface area contributed by atoms with Crippen molar-refractivity contribution in [3.8, 4) is 0 Å². The molecule has 0 saturated heterocycles. The fourth-order valence-electron chi connectivity index (χ4n) is 10.9. The molecule has 33 heavy (non-hydrogen) atoms. The first-order valence-electron chi connectivity index (χ1n) is 13.9. The van der Waals surface area contributed by atoms with Crippen LogP contribution in [0.1, 0.15) is 106 Å². The zero-order valence-electron chi connectivity index (χ0n) is 22.2. The van der Waals surface area contributed by atoms with Crippen molar-refractivity contribution < 1.29 is 15.0 Å². The molecular formula is C30H48O3. The number of aliphatic hydroxyl groups excluding tert-OH is 1. The molecule has 5 rings (SSSR count). The molecule has 4 fully saturated rings. The first-order valence-corrected chi connectivity index (χ1v) is 13.9. The van der Waals surface area contributed by atoms with Crippen LogP contribution in [-0.2, 0) is 4.79 Å². The number of allylic oxidation sites excluding steroid dienone is 2. The standard InChI is InChI=1S/C30H48O3/c1-18(2)19-10-15-30(25(32)33)17-16-28(6)20(24(19)30)8-9-22-27(5)13-12-23(31)26(3,4)21(27)11-14-29(22,28)7/h8,18-19,21-24,31H,9-17H2,1-7H3,(H,32,33). The van der Waals surface area contributed by atoms with Crippen molar-refractivity contribution in [3.63, 3.8) is 0 Å². The van der Waals surface area contributed by atoms with Crippen LogP contribution in [0, 0.1) is 56.7 Å². The van der Waals surface area contributed by atoms with Gasteiger partial charge in [0.1, 0.15) is 0 Å². The number of carboxylic acid groups (broad SMARTS) is 1. The van der Waals surface area contributed by atoms with E-state index in [4.69, 9.17) is 0 Å². The lowest BCUT2D eigenvalue weighted by atomic mass is 9.34. The van der Waals surface area contributed by atoms with Gasteiger partial charge in [0.2, 0.25) is 0 Å². The summed E-state index contributed by atoms with van der Waals surface area (Å²) < 4.78 is 0. The molecule has 0 aromatic carbocycles. The van der Waals surface area contributed by atoms with Crippen LogP contribution in [0.15, 0.2) is 11.6 Å². The van der Waals surface area contributed by atoms with E-state index in [1.165, 1.54) is 18.4 Å². The second kappa shape index (κ2) is 7.11. The minimum absolute atomic E-state index is 0.0293. The molecule has 0 aliphatic heterocycles. The van der Waals surface area contributed by atoms with E-state index in [1.807, 2.05) is 0 Å². The molecule has 3 nitrogen and oxygen atoms in total. The minimum Gasteiger partial charge on any atom is -0.481 e. The van der Waals surface area contributed by atoms with Gasteiger partial charge in [0, 0.05) is 0 Å². The van der Waals surface area contributed by atoms with E-state index < -0.39 is 11.4 Å². The van der Waals surface area contributed by atoms with E-state index in [1.54, 1.807) is 0 Å². The maximum absolute atomic E-state index is 12.8. The Morgan fingerprint density at radius 2 is 1.64 bits per heavy atom. The van der Waals surface area contributed by atoms with Gasteiger partial charge in [0.05, 0.1) is 11.5 Å². The molecule has 0 spiro atoms. The summed E-state index contributed by atoms with van der Waals surface area (Å²) in [6.07, 6.45) is 11.7. The monoisotopic (exact) mass is 456 g/mol. The molecule has 0 heterocycles. The Hall–Kier alpha value is -0.830. The Kier molecular flexibility index (Phi) is 5.15. The molecule has 0 aromatic heterocycles. The molecule has 9 unspecified atom stereocenters. The van der Waals surface area contributed by atoms with Crippen LogP contribution in [0.25, 0.3) is 0 Å². The molecule has 0 bridgehead atoms. The topological polar surface area (TPSA) is 57.5 Å². The van der Waals surface area contributed by atoms with Crippen LogP contribution in [0.3, 0.4) is 0 Å². The van der Waals surface area contributed by atoms with Gasteiger partial charge in [0.25, 0.3) is 0 Å². The van der Waals surface area contributed by atoms with Crippen molar-refractivity contribution in [1.82, 2.24) is 0 Å². The van der Waals surface area contributed by atoms with Gasteiger partial charge in [-0.05, 0) is 109 Å². The van der Waals surface area contributed by atoms with Crippen molar-refractivity contribution in [2.24, 2.45) is 56.7 Å². The van der Waals surface area contributed by atoms with Gasteiger partial charge in [-0.15, -0.1) is 0 Å². The largest absolute Gasteiger partial charge is 0.481 e. The third kappa shape index (κ3) is 2.75. The van der Waals surface area contributed by atoms with Crippen LogP contribution in [0.2, 0.25) is 0 Å². The predicted octanol–water partition coefficient (Wildman–Crippen LogP) is 7.09. The van der Waals surface area contributed by atoms with Gasteiger partial charge in [0.15, 0.2) is 0 Å². The summed E-state index contributed by atoms with van der Waals surface area (Å²) in [6.45, 7) is 16.9. The van der Waals surface area contributed by atoms with Crippen LogP contribution in [0.5, 0.6) is 0 Å². The Bertz CT molecular complexity index is 872. The van der Waals surface area contributed by atoms with Gasteiger partial charge in [-0.2, -0.15) is 0 Å². The lowest BCUT2D eigenvalue weighted by Crippen LogP contribution is -2.64. The second-order valence-electron chi connectivity index (χ2n) is 14.6. The summed E-state index contributed by atoms with van der Waals surface area (Å²) in [7, 11) is 0. The normalized spacial score (nSPS) is 52.9. The Labute approximate surface area is 201 Å². The average Bonchev–Trinajstić information content (AvgIpc) is 3.13. The van der Waals surface area contributed by atoms with Crippen molar-refractivity contribution >= 4 is 5.97 Å². The van der Waals surface area contributed by atoms with Crippen molar-refractivity contribution in [1.29, 1.82) is 0 Å². The zero-order chi connectivity index (χ0) is 24.2. The SMILES string of the molecule is CC(C)C1CCC2(C(=O)O)CCC3(C)C(=CCC4C5(C)CCC(O)C(C)(C)C5CCC43C)C12. The number of hydrogen-bond donors (Lipinski definition) is 2. The van der Waals surface area contributed by atoms with Gasteiger partial charge < -0.3 is 10.2 Å². The second-order valence-corrected chi connectivity index (χ2v) is 14.6. The lowest BCUT2D eigenvalue weighted by Gasteiger charge is -2.70. The third-order valence-electron chi connectivity index (χ3n) is 13.1. The number of carboxylic acids is 1. The van der Waals surface area contributed by atoms with Crippen molar-refractivity contribution in [3.05, 3.63) is 11.6 Å². The quantitative estimate of drug-likeness (QED) is 0.436. The van der Waals surface area contributed by atoms with Crippen LogP contribution in [-0.4, -0.2) is 22.3 Å². The first kappa shape index (κ1) is 23.9. The van der Waals surface area contributed by atoms with Gasteiger partial charge >= 0.3 is 5.97 Å². The maximum atomic E-state index is 12.8.